The molecule has 1 amide bonds. The van der Waals surface area contributed by atoms with Gasteiger partial charge in [-0.25, -0.2) is 0 Å². The molecule has 2 aromatic carbocycles. The fourth-order valence-corrected chi connectivity index (χ4v) is 3.58. The number of ether oxygens (including phenoxy) is 3. The molecule has 1 aromatic heterocycles. The molecule has 3 aromatic rings. The number of aryl methyl sites for hydroxylation is 1. The minimum Gasteiger partial charge on any atom is -0.493 e. The van der Waals surface area contributed by atoms with Crippen LogP contribution >= 0.6 is 0 Å². The fourth-order valence-electron chi connectivity index (χ4n) is 3.58. The van der Waals surface area contributed by atoms with Gasteiger partial charge in [0.2, 0.25) is 11.7 Å². The molecule has 8 heteroatoms. The number of nitrogens with zero attached hydrogens (tertiary/aromatic N) is 3. The first-order valence-electron chi connectivity index (χ1n) is 9.55. The van der Waals surface area contributed by atoms with Crippen molar-refractivity contribution in [1.29, 1.82) is 0 Å². The summed E-state index contributed by atoms with van der Waals surface area (Å²) in [5.41, 5.74) is 2.67. The highest BCUT2D eigenvalue weighted by atomic mass is 16.5. The third-order valence-electron chi connectivity index (χ3n) is 5.19. The van der Waals surface area contributed by atoms with Crippen LogP contribution in [0.15, 0.2) is 40.9 Å². The molecule has 1 fully saturated rings. The van der Waals surface area contributed by atoms with E-state index in [1.807, 2.05) is 31.2 Å². The lowest BCUT2D eigenvalue weighted by atomic mass is 10.1. The first kappa shape index (κ1) is 19.8. The van der Waals surface area contributed by atoms with E-state index in [4.69, 9.17) is 18.7 Å². The number of anilines is 1. The van der Waals surface area contributed by atoms with Crippen molar-refractivity contribution in [2.45, 2.75) is 19.3 Å². The second-order valence-electron chi connectivity index (χ2n) is 7.11. The molecular formula is C22H23N3O5. The van der Waals surface area contributed by atoms with Gasteiger partial charge in [0.25, 0.3) is 5.89 Å². The van der Waals surface area contributed by atoms with Crippen LogP contribution in [0.3, 0.4) is 0 Å². The average molecular weight is 409 g/mol. The molecule has 1 saturated heterocycles. The summed E-state index contributed by atoms with van der Waals surface area (Å²) in [6, 6.07) is 11.4. The Morgan fingerprint density at radius 1 is 1.03 bits per heavy atom. The number of carbonyl (C=O) groups excluding carboxylic acids is 1. The number of hydrogen-bond donors (Lipinski definition) is 0. The standard InChI is InChI=1S/C22H23N3O5/c1-13-5-7-16(8-6-13)25-12-15(11-19(25)26)21-23-22(30-24-21)14-9-17(27-2)20(29-4)18(10-14)28-3/h5-10,15H,11-12H2,1-4H3/t15-/m1/s1. The normalized spacial score (nSPS) is 16.1. The lowest BCUT2D eigenvalue weighted by Crippen LogP contribution is -2.24. The lowest BCUT2D eigenvalue weighted by Gasteiger charge is -2.16. The topological polar surface area (TPSA) is 86.9 Å². The van der Waals surface area contributed by atoms with Crippen LogP contribution in [-0.4, -0.2) is 43.9 Å². The van der Waals surface area contributed by atoms with Crippen LogP contribution in [0.25, 0.3) is 11.5 Å². The highest BCUT2D eigenvalue weighted by Crippen LogP contribution is 2.41. The van der Waals surface area contributed by atoms with Crippen molar-refractivity contribution in [2.75, 3.05) is 32.8 Å². The quantitative estimate of drug-likeness (QED) is 0.615. The highest BCUT2D eigenvalue weighted by Gasteiger charge is 2.34. The van der Waals surface area contributed by atoms with E-state index in [2.05, 4.69) is 10.1 Å². The SMILES string of the molecule is COc1cc(-c2nc([C@@H]3CC(=O)N(c4ccc(C)cc4)C3)no2)cc(OC)c1OC. The summed E-state index contributed by atoms with van der Waals surface area (Å²) >= 11 is 0. The van der Waals surface area contributed by atoms with Crippen LogP contribution in [0, 0.1) is 6.92 Å². The maximum absolute atomic E-state index is 12.6. The first-order chi connectivity index (χ1) is 14.5. The molecule has 0 aliphatic carbocycles. The zero-order valence-corrected chi connectivity index (χ0v) is 17.3. The van der Waals surface area contributed by atoms with Gasteiger partial charge in [-0.05, 0) is 31.2 Å². The molecule has 1 atom stereocenters. The van der Waals surface area contributed by atoms with Gasteiger partial charge in [0.1, 0.15) is 0 Å². The Bertz CT molecular complexity index is 1040. The molecule has 0 saturated carbocycles. The average Bonchev–Trinajstić information content (AvgIpc) is 3.40. The van der Waals surface area contributed by atoms with Crippen molar-refractivity contribution in [3.8, 4) is 28.7 Å². The number of rotatable bonds is 6. The zero-order valence-electron chi connectivity index (χ0n) is 17.3. The fraction of sp³-hybridized carbons (Fsp3) is 0.318. The summed E-state index contributed by atoms with van der Waals surface area (Å²) in [5, 5.41) is 4.13. The van der Waals surface area contributed by atoms with Crippen LogP contribution in [0.4, 0.5) is 5.69 Å². The first-order valence-corrected chi connectivity index (χ1v) is 9.55. The second-order valence-corrected chi connectivity index (χ2v) is 7.11. The van der Waals surface area contributed by atoms with E-state index in [1.54, 1.807) is 38.4 Å². The Balaban J connectivity index is 1.59. The van der Waals surface area contributed by atoms with Crippen molar-refractivity contribution < 1.29 is 23.5 Å². The van der Waals surface area contributed by atoms with Crippen molar-refractivity contribution in [1.82, 2.24) is 10.1 Å². The zero-order chi connectivity index (χ0) is 21.3. The summed E-state index contributed by atoms with van der Waals surface area (Å²) in [6.45, 7) is 2.53. The summed E-state index contributed by atoms with van der Waals surface area (Å²) in [4.78, 5) is 18.9. The molecule has 0 spiro atoms. The maximum atomic E-state index is 12.6. The van der Waals surface area contributed by atoms with E-state index < -0.39 is 0 Å². The Hall–Kier alpha value is -3.55. The number of amides is 1. The van der Waals surface area contributed by atoms with E-state index in [1.165, 1.54) is 0 Å². The highest BCUT2D eigenvalue weighted by molar-refractivity contribution is 5.96. The van der Waals surface area contributed by atoms with Gasteiger partial charge in [0.05, 0.1) is 21.3 Å². The summed E-state index contributed by atoms with van der Waals surface area (Å²) < 4.78 is 21.6. The van der Waals surface area contributed by atoms with E-state index in [0.717, 1.165) is 11.3 Å². The van der Waals surface area contributed by atoms with E-state index in [9.17, 15) is 4.79 Å². The molecule has 0 radical (unpaired) electrons. The van der Waals surface area contributed by atoms with E-state index >= 15 is 0 Å². The van der Waals surface area contributed by atoms with Crippen molar-refractivity contribution >= 4 is 11.6 Å². The van der Waals surface area contributed by atoms with Crippen LogP contribution in [0.5, 0.6) is 17.2 Å². The molecule has 8 nitrogen and oxygen atoms in total. The van der Waals surface area contributed by atoms with Gasteiger partial charge in [-0.3, -0.25) is 4.79 Å². The predicted molar refractivity (Wildman–Crippen MR) is 110 cm³/mol. The molecular weight excluding hydrogens is 386 g/mol. The van der Waals surface area contributed by atoms with Gasteiger partial charge >= 0.3 is 0 Å². The molecule has 30 heavy (non-hydrogen) atoms. The van der Waals surface area contributed by atoms with Gasteiger partial charge < -0.3 is 23.6 Å². The van der Waals surface area contributed by atoms with Gasteiger partial charge in [-0.15, -0.1) is 0 Å². The van der Waals surface area contributed by atoms with Crippen LogP contribution < -0.4 is 19.1 Å². The number of methoxy groups -OCH3 is 3. The van der Waals surface area contributed by atoms with Gasteiger partial charge in [-0.2, -0.15) is 4.98 Å². The van der Waals surface area contributed by atoms with Crippen molar-refractivity contribution in [3.05, 3.63) is 47.8 Å². The minimum absolute atomic E-state index is 0.0444. The third kappa shape index (κ3) is 3.56. The minimum atomic E-state index is -0.140. The van der Waals surface area contributed by atoms with E-state index in [-0.39, 0.29) is 11.8 Å². The number of carbonyl (C=O) groups is 1. The second kappa shape index (κ2) is 8.06. The Labute approximate surface area is 174 Å². The van der Waals surface area contributed by atoms with Gasteiger partial charge in [0.15, 0.2) is 17.3 Å². The third-order valence-corrected chi connectivity index (χ3v) is 5.19. The Kier molecular flexibility index (Phi) is 5.31. The van der Waals surface area contributed by atoms with Crippen molar-refractivity contribution in [2.24, 2.45) is 0 Å². The molecule has 4 rings (SSSR count). The number of hydrogen-bond acceptors (Lipinski definition) is 7. The molecule has 1 aliphatic rings. The summed E-state index contributed by atoms with van der Waals surface area (Å²) in [7, 11) is 4.63. The largest absolute Gasteiger partial charge is 0.493 e. The Morgan fingerprint density at radius 3 is 2.30 bits per heavy atom. The maximum Gasteiger partial charge on any atom is 0.258 e. The summed E-state index contributed by atoms with van der Waals surface area (Å²) in [5.74, 6) is 2.20. The lowest BCUT2D eigenvalue weighted by molar-refractivity contribution is -0.117. The van der Waals surface area contributed by atoms with Gasteiger partial charge in [0, 0.05) is 30.1 Å². The molecule has 1 aliphatic heterocycles. The van der Waals surface area contributed by atoms with Crippen LogP contribution in [0.2, 0.25) is 0 Å². The molecule has 0 N–H and O–H groups in total. The molecule has 0 bridgehead atoms. The van der Waals surface area contributed by atoms with Gasteiger partial charge in [-0.1, -0.05) is 22.9 Å². The smallest absolute Gasteiger partial charge is 0.258 e. The number of benzene rings is 2. The molecule has 156 valence electrons. The van der Waals surface area contributed by atoms with Crippen molar-refractivity contribution in [3.63, 3.8) is 0 Å². The number of aromatic nitrogens is 2. The monoisotopic (exact) mass is 409 g/mol. The summed E-state index contributed by atoms with van der Waals surface area (Å²) in [6.07, 6.45) is 0.335. The molecule has 0 unspecified atom stereocenters. The van der Waals surface area contributed by atoms with Crippen LogP contribution in [0.1, 0.15) is 23.7 Å². The van der Waals surface area contributed by atoms with Crippen LogP contribution in [-0.2, 0) is 4.79 Å². The van der Waals surface area contributed by atoms with E-state index in [0.29, 0.717) is 47.5 Å². The Morgan fingerprint density at radius 2 is 1.70 bits per heavy atom. The molecule has 2 heterocycles. The predicted octanol–water partition coefficient (Wildman–Crippen LogP) is 3.59.